The third-order valence-electron chi connectivity index (χ3n) is 3.54. The fourth-order valence-electron chi connectivity index (χ4n) is 2.43. The molecule has 0 aliphatic rings. The number of hydrogen-bond acceptors (Lipinski definition) is 3. The molecule has 0 heterocycles. The molecule has 0 fully saturated rings. The molecule has 21 heavy (non-hydrogen) atoms. The van der Waals surface area contributed by atoms with Crippen molar-refractivity contribution in [2.45, 2.75) is 25.9 Å². The maximum atomic E-state index is 10.6. The van der Waals surface area contributed by atoms with Crippen LogP contribution in [0, 0.1) is 0 Å². The Hall–Kier alpha value is -2.00. The second-order valence-electron chi connectivity index (χ2n) is 5.01. The first-order valence-electron chi connectivity index (χ1n) is 7.18. The van der Waals surface area contributed by atoms with Crippen molar-refractivity contribution in [2.75, 3.05) is 14.2 Å². The summed E-state index contributed by atoms with van der Waals surface area (Å²) in [4.78, 5) is 0. The van der Waals surface area contributed by atoms with Crippen molar-refractivity contribution in [3.8, 4) is 11.5 Å². The lowest BCUT2D eigenvalue weighted by atomic mass is 9.97. The van der Waals surface area contributed by atoms with Crippen molar-refractivity contribution >= 4 is 0 Å². The maximum absolute atomic E-state index is 10.6. The zero-order chi connectivity index (χ0) is 15.2. The average Bonchev–Trinajstić information content (AvgIpc) is 2.54. The number of rotatable bonds is 6. The van der Waals surface area contributed by atoms with Gasteiger partial charge in [-0.15, -0.1) is 0 Å². The highest BCUT2D eigenvalue weighted by molar-refractivity contribution is 5.45. The first-order valence-corrected chi connectivity index (χ1v) is 7.18. The highest BCUT2D eigenvalue weighted by Crippen LogP contribution is 2.33. The van der Waals surface area contributed by atoms with Crippen molar-refractivity contribution in [1.82, 2.24) is 0 Å². The van der Waals surface area contributed by atoms with E-state index in [-0.39, 0.29) is 0 Å². The van der Waals surface area contributed by atoms with E-state index in [1.165, 1.54) is 5.56 Å². The van der Waals surface area contributed by atoms with Crippen LogP contribution in [0.15, 0.2) is 42.5 Å². The molecule has 1 atom stereocenters. The third kappa shape index (κ3) is 3.56. The average molecular weight is 286 g/mol. The first kappa shape index (κ1) is 15.4. The van der Waals surface area contributed by atoms with Gasteiger partial charge in [-0.3, -0.25) is 0 Å². The normalized spacial score (nSPS) is 12.0. The van der Waals surface area contributed by atoms with E-state index in [1.54, 1.807) is 20.3 Å². The van der Waals surface area contributed by atoms with Crippen molar-refractivity contribution in [1.29, 1.82) is 0 Å². The van der Waals surface area contributed by atoms with E-state index in [2.05, 4.69) is 19.1 Å². The minimum atomic E-state index is -0.706. The van der Waals surface area contributed by atoms with Gasteiger partial charge in [0.05, 0.1) is 14.2 Å². The second-order valence-corrected chi connectivity index (χ2v) is 5.01. The number of aliphatic hydroxyl groups is 1. The van der Waals surface area contributed by atoms with Crippen molar-refractivity contribution in [3.05, 3.63) is 59.2 Å². The van der Waals surface area contributed by atoms with Crippen LogP contribution in [0.1, 0.15) is 36.1 Å². The van der Waals surface area contributed by atoms with Gasteiger partial charge in [-0.2, -0.15) is 0 Å². The van der Waals surface area contributed by atoms with Crippen LogP contribution in [-0.4, -0.2) is 19.3 Å². The van der Waals surface area contributed by atoms with Crippen LogP contribution in [0.5, 0.6) is 11.5 Å². The molecule has 0 bridgehead atoms. The van der Waals surface area contributed by atoms with E-state index >= 15 is 0 Å². The van der Waals surface area contributed by atoms with Gasteiger partial charge in [0.2, 0.25) is 0 Å². The smallest absolute Gasteiger partial charge is 0.128 e. The van der Waals surface area contributed by atoms with E-state index in [1.807, 2.05) is 24.3 Å². The van der Waals surface area contributed by atoms with Crippen LogP contribution < -0.4 is 9.47 Å². The fraction of sp³-hybridized carbons (Fsp3) is 0.333. The molecular formula is C18H22O3. The molecule has 112 valence electrons. The standard InChI is InChI=1S/C18H22O3/c1-4-6-13-7-5-8-14(11-13)18(19)16-10-9-15(20-2)12-17(16)21-3/h5,7-12,18-19H,4,6H2,1-3H3. The van der Waals surface area contributed by atoms with E-state index < -0.39 is 6.10 Å². The Morgan fingerprint density at radius 2 is 1.86 bits per heavy atom. The van der Waals surface area contributed by atoms with Crippen LogP contribution in [0.2, 0.25) is 0 Å². The van der Waals surface area contributed by atoms with Gasteiger partial charge in [0.1, 0.15) is 17.6 Å². The first-order chi connectivity index (χ1) is 10.2. The molecule has 0 saturated carbocycles. The molecule has 0 aliphatic heterocycles. The highest BCUT2D eigenvalue weighted by atomic mass is 16.5. The van der Waals surface area contributed by atoms with Crippen LogP contribution in [0.4, 0.5) is 0 Å². The minimum Gasteiger partial charge on any atom is -0.497 e. The SMILES string of the molecule is CCCc1cccc(C(O)c2ccc(OC)cc2OC)c1. The number of benzene rings is 2. The summed E-state index contributed by atoms with van der Waals surface area (Å²) in [7, 11) is 3.21. The van der Waals surface area contributed by atoms with Gasteiger partial charge in [0.15, 0.2) is 0 Å². The molecule has 3 heteroatoms. The Balaban J connectivity index is 2.34. The zero-order valence-electron chi connectivity index (χ0n) is 12.8. The molecular weight excluding hydrogens is 264 g/mol. The summed E-state index contributed by atoms with van der Waals surface area (Å²) in [5.41, 5.74) is 2.86. The quantitative estimate of drug-likeness (QED) is 0.879. The highest BCUT2D eigenvalue weighted by Gasteiger charge is 2.16. The van der Waals surface area contributed by atoms with E-state index in [0.29, 0.717) is 11.5 Å². The summed E-state index contributed by atoms with van der Waals surface area (Å²) >= 11 is 0. The Bertz CT molecular complexity index is 593. The summed E-state index contributed by atoms with van der Waals surface area (Å²) < 4.78 is 10.6. The van der Waals surface area contributed by atoms with Crippen LogP contribution >= 0.6 is 0 Å². The largest absolute Gasteiger partial charge is 0.497 e. The Kier molecular flexibility index (Phi) is 5.23. The maximum Gasteiger partial charge on any atom is 0.128 e. The summed E-state index contributed by atoms with van der Waals surface area (Å²) in [6, 6.07) is 13.5. The van der Waals surface area contributed by atoms with Gasteiger partial charge in [0, 0.05) is 11.6 Å². The van der Waals surface area contributed by atoms with Crippen LogP contribution in [0.25, 0.3) is 0 Å². The van der Waals surface area contributed by atoms with Crippen LogP contribution in [0.3, 0.4) is 0 Å². The lowest BCUT2D eigenvalue weighted by Crippen LogP contribution is -2.03. The molecule has 0 amide bonds. The van der Waals surface area contributed by atoms with E-state index in [9.17, 15) is 5.11 Å². The van der Waals surface area contributed by atoms with Crippen molar-refractivity contribution in [3.63, 3.8) is 0 Å². The predicted molar refractivity (Wildman–Crippen MR) is 84.0 cm³/mol. The molecule has 0 spiro atoms. The summed E-state index contributed by atoms with van der Waals surface area (Å²) in [6.45, 7) is 2.15. The molecule has 3 nitrogen and oxygen atoms in total. The topological polar surface area (TPSA) is 38.7 Å². The molecule has 0 aliphatic carbocycles. The predicted octanol–water partition coefficient (Wildman–Crippen LogP) is 3.74. The van der Waals surface area contributed by atoms with Gasteiger partial charge in [-0.1, -0.05) is 37.6 Å². The summed E-state index contributed by atoms with van der Waals surface area (Å²) in [6.07, 6.45) is 1.40. The number of aliphatic hydroxyl groups excluding tert-OH is 1. The second kappa shape index (κ2) is 7.14. The van der Waals surface area contributed by atoms with Crippen molar-refractivity contribution in [2.24, 2.45) is 0 Å². The Labute approximate surface area is 126 Å². The number of ether oxygens (including phenoxy) is 2. The molecule has 1 unspecified atom stereocenters. The third-order valence-corrected chi connectivity index (χ3v) is 3.54. The van der Waals surface area contributed by atoms with Gasteiger partial charge in [-0.25, -0.2) is 0 Å². The molecule has 1 N–H and O–H groups in total. The molecule has 2 aromatic carbocycles. The molecule has 2 aromatic rings. The molecule has 0 saturated heterocycles. The monoisotopic (exact) mass is 286 g/mol. The van der Waals surface area contributed by atoms with Gasteiger partial charge in [0.25, 0.3) is 0 Å². The van der Waals surface area contributed by atoms with Crippen molar-refractivity contribution < 1.29 is 14.6 Å². The number of methoxy groups -OCH3 is 2. The molecule has 0 radical (unpaired) electrons. The van der Waals surface area contributed by atoms with Gasteiger partial charge in [-0.05, 0) is 29.7 Å². The van der Waals surface area contributed by atoms with Gasteiger partial charge < -0.3 is 14.6 Å². The number of hydrogen-bond donors (Lipinski definition) is 1. The Morgan fingerprint density at radius 3 is 2.52 bits per heavy atom. The lowest BCUT2D eigenvalue weighted by Gasteiger charge is -2.17. The van der Waals surface area contributed by atoms with Crippen LogP contribution in [-0.2, 0) is 6.42 Å². The Morgan fingerprint density at radius 1 is 1.05 bits per heavy atom. The summed E-state index contributed by atoms with van der Waals surface area (Å²) in [5.74, 6) is 1.34. The lowest BCUT2D eigenvalue weighted by molar-refractivity contribution is 0.214. The molecule has 2 rings (SSSR count). The zero-order valence-corrected chi connectivity index (χ0v) is 12.8. The summed E-state index contributed by atoms with van der Waals surface area (Å²) in [5, 5.41) is 10.6. The molecule has 0 aromatic heterocycles. The minimum absolute atomic E-state index is 0.628. The van der Waals surface area contributed by atoms with E-state index in [0.717, 1.165) is 24.0 Å². The fourth-order valence-corrected chi connectivity index (χ4v) is 2.43. The number of aryl methyl sites for hydroxylation is 1. The van der Waals surface area contributed by atoms with Gasteiger partial charge >= 0.3 is 0 Å². The van der Waals surface area contributed by atoms with E-state index in [4.69, 9.17) is 9.47 Å².